The van der Waals surface area contributed by atoms with Crippen LogP contribution in [-0.4, -0.2) is 37.5 Å². The first-order valence-electron chi connectivity index (χ1n) is 5.41. The van der Waals surface area contributed by atoms with Gasteiger partial charge in [0.1, 0.15) is 18.2 Å². The number of rotatable bonds is 4. The third-order valence-electron chi connectivity index (χ3n) is 2.55. The number of sulfonamides is 1. The van der Waals surface area contributed by atoms with Gasteiger partial charge in [0.05, 0.1) is 12.3 Å². The zero-order valence-corrected chi connectivity index (χ0v) is 10.3. The molecule has 18 heavy (non-hydrogen) atoms. The summed E-state index contributed by atoms with van der Waals surface area (Å²) in [5.74, 6) is -0.694. The molecule has 1 aromatic rings. The van der Waals surface area contributed by atoms with Gasteiger partial charge >= 0.3 is 0 Å². The fourth-order valence-electron chi connectivity index (χ4n) is 1.67. The molecule has 0 N–H and O–H groups in total. The van der Waals surface area contributed by atoms with E-state index in [2.05, 4.69) is 0 Å². The van der Waals surface area contributed by atoms with Gasteiger partial charge < -0.3 is 4.74 Å². The van der Waals surface area contributed by atoms with Crippen LogP contribution in [0, 0.1) is 5.82 Å². The molecule has 1 aromatic carbocycles. The average Bonchev–Trinajstić information content (AvgIpc) is 2.56. The Hall–Kier alpha value is -1.63. The van der Waals surface area contributed by atoms with Crippen LogP contribution in [0.4, 0.5) is 4.39 Å². The van der Waals surface area contributed by atoms with Crippen molar-refractivity contribution in [2.75, 3.05) is 18.9 Å². The van der Waals surface area contributed by atoms with Gasteiger partial charge in [0.15, 0.2) is 0 Å². The molecule has 98 valence electrons. The molecule has 1 saturated heterocycles. The minimum absolute atomic E-state index is 0.00836. The van der Waals surface area contributed by atoms with Crippen molar-refractivity contribution in [3.8, 4) is 5.75 Å². The first-order chi connectivity index (χ1) is 8.49. The van der Waals surface area contributed by atoms with E-state index in [0.29, 0.717) is 5.75 Å². The van der Waals surface area contributed by atoms with Crippen molar-refractivity contribution in [3.63, 3.8) is 0 Å². The largest absolute Gasteiger partial charge is 0.492 e. The molecule has 7 heteroatoms. The number of nitrogens with zero attached hydrogens (tertiary/aromatic N) is 1. The molecule has 0 aliphatic carbocycles. The van der Waals surface area contributed by atoms with E-state index in [1.165, 1.54) is 18.2 Å². The van der Waals surface area contributed by atoms with Gasteiger partial charge in [-0.2, -0.15) is 0 Å². The molecule has 1 fully saturated rings. The molecule has 0 bridgehead atoms. The lowest BCUT2D eigenvalue weighted by atomic mass is 10.3. The second-order valence-corrected chi connectivity index (χ2v) is 5.85. The van der Waals surface area contributed by atoms with Crippen LogP contribution in [0.2, 0.25) is 0 Å². The highest BCUT2D eigenvalue weighted by Gasteiger charge is 2.34. The minimum Gasteiger partial charge on any atom is -0.492 e. The van der Waals surface area contributed by atoms with Crippen molar-refractivity contribution < 1.29 is 22.3 Å². The number of ether oxygens (including phenoxy) is 1. The van der Waals surface area contributed by atoms with Crippen LogP contribution in [-0.2, 0) is 14.8 Å². The third-order valence-corrected chi connectivity index (χ3v) is 4.32. The predicted molar refractivity (Wildman–Crippen MR) is 62.0 cm³/mol. The van der Waals surface area contributed by atoms with Gasteiger partial charge in [-0.25, -0.2) is 17.1 Å². The zero-order valence-electron chi connectivity index (χ0n) is 9.50. The number of hydrogen-bond donors (Lipinski definition) is 0. The zero-order chi connectivity index (χ0) is 13.2. The molecule has 1 heterocycles. The maximum Gasteiger partial charge on any atom is 0.237 e. The maximum absolute atomic E-state index is 12.8. The summed E-state index contributed by atoms with van der Waals surface area (Å²) in [6, 6.07) is 5.52. The van der Waals surface area contributed by atoms with E-state index in [9.17, 15) is 17.6 Å². The summed E-state index contributed by atoms with van der Waals surface area (Å²) in [5, 5.41) is 0. The Kier molecular flexibility index (Phi) is 3.51. The van der Waals surface area contributed by atoms with Gasteiger partial charge in [-0.05, 0) is 12.1 Å². The Labute approximate surface area is 104 Å². The second kappa shape index (κ2) is 4.93. The summed E-state index contributed by atoms with van der Waals surface area (Å²) in [6.45, 7) is -0.0356. The molecular weight excluding hydrogens is 261 g/mol. The average molecular weight is 273 g/mol. The van der Waals surface area contributed by atoms with Crippen LogP contribution in [0.25, 0.3) is 0 Å². The van der Waals surface area contributed by atoms with Crippen molar-refractivity contribution in [3.05, 3.63) is 30.1 Å². The second-order valence-electron chi connectivity index (χ2n) is 3.84. The summed E-state index contributed by atoms with van der Waals surface area (Å²) < 4.78 is 41.8. The SMILES string of the molecule is O=C1CCS(=O)(=O)N1CCOc1cccc(F)c1. The Morgan fingerprint density at radius 3 is 2.78 bits per heavy atom. The van der Waals surface area contributed by atoms with Gasteiger partial charge in [0.2, 0.25) is 15.9 Å². The van der Waals surface area contributed by atoms with Gasteiger partial charge in [0, 0.05) is 12.5 Å². The van der Waals surface area contributed by atoms with Crippen LogP contribution in [0.1, 0.15) is 6.42 Å². The topological polar surface area (TPSA) is 63.7 Å². The summed E-state index contributed by atoms with van der Waals surface area (Å²) in [6.07, 6.45) is 0.0162. The smallest absolute Gasteiger partial charge is 0.237 e. The van der Waals surface area contributed by atoms with Gasteiger partial charge in [-0.15, -0.1) is 0 Å². The normalized spacial score (nSPS) is 18.1. The van der Waals surface area contributed by atoms with Crippen molar-refractivity contribution in [2.24, 2.45) is 0 Å². The van der Waals surface area contributed by atoms with E-state index in [4.69, 9.17) is 4.74 Å². The highest BCUT2D eigenvalue weighted by atomic mass is 32.2. The Bertz CT molecular complexity index is 558. The fourth-order valence-corrected chi connectivity index (χ4v) is 3.08. The summed E-state index contributed by atoms with van der Waals surface area (Å²) >= 11 is 0. The van der Waals surface area contributed by atoms with Crippen LogP contribution >= 0.6 is 0 Å². The summed E-state index contributed by atoms with van der Waals surface area (Å²) in [5.41, 5.74) is 0. The highest BCUT2D eigenvalue weighted by molar-refractivity contribution is 7.90. The number of benzene rings is 1. The number of hydrogen-bond acceptors (Lipinski definition) is 4. The molecule has 1 amide bonds. The van der Waals surface area contributed by atoms with Crippen LogP contribution in [0.15, 0.2) is 24.3 Å². The number of halogens is 1. The van der Waals surface area contributed by atoms with E-state index in [-0.39, 0.29) is 25.3 Å². The third kappa shape index (κ3) is 2.79. The lowest BCUT2D eigenvalue weighted by Gasteiger charge is -2.15. The Balaban J connectivity index is 1.91. The first-order valence-corrected chi connectivity index (χ1v) is 7.01. The van der Waals surface area contributed by atoms with E-state index < -0.39 is 21.7 Å². The molecule has 1 aliphatic rings. The molecule has 2 rings (SSSR count). The standard InChI is InChI=1S/C11H12FNO4S/c12-9-2-1-3-10(8-9)17-6-5-13-11(14)4-7-18(13,15)16/h1-3,8H,4-7H2. The predicted octanol–water partition coefficient (Wildman–Crippen LogP) is 0.767. The lowest BCUT2D eigenvalue weighted by molar-refractivity contribution is -0.125. The number of carbonyl (C=O) groups excluding carboxylic acids is 1. The van der Waals surface area contributed by atoms with Gasteiger partial charge in [0.25, 0.3) is 0 Å². The molecule has 0 spiro atoms. The lowest BCUT2D eigenvalue weighted by Crippen LogP contribution is -2.33. The van der Waals surface area contributed by atoms with Crippen molar-refractivity contribution in [2.45, 2.75) is 6.42 Å². The molecule has 0 saturated carbocycles. The highest BCUT2D eigenvalue weighted by Crippen LogP contribution is 2.16. The molecular formula is C11H12FNO4S. The quantitative estimate of drug-likeness (QED) is 0.812. The fraction of sp³-hybridized carbons (Fsp3) is 0.364. The first kappa shape index (κ1) is 12.8. The van der Waals surface area contributed by atoms with E-state index >= 15 is 0 Å². The minimum atomic E-state index is -3.47. The van der Waals surface area contributed by atoms with Crippen LogP contribution in [0.5, 0.6) is 5.75 Å². The monoisotopic (exact) mass is 273 g/mol. The molecule has 0 unspecified atom stereocenters. The van der Waals surface area contributed by atoms with E-state index in [0.717, 1.165) is 4.31 Å². The van der Waals surface area contributed by atoms with E-state index in [1.807, 2.05) is 0 Å². The number of carbonyl (C=O) groups is 1. The van der Waals surface area contributed by atoms with Crippen LogP contribution in [0.3, 0.4) is 0 Å². The Morgan fingerprint density at radius 2 is 2.17 bits per heavy atom. The van der Waals surface area contributed by atoms with Crippen molar-refractivity contribution >= 4 is 15.9 Å². The molecule has 0 radical (unpaired) electrons. The molecule has 0 atom stereocenters. The molecule has 0 aromatic heterocycles. The van der Waals surface area contributed by atoms with Gasteiger partial charge in [-0.1, -0.05) is 6.07 Å². The molecule has 5 nitrogen and oxygen atoms in total. The Morgan fingerprint density at radius 1 is 1.39 bits per heavy atom. The maximum atomic E-state index is 12.8. The summed E-state index contributed by atoms with van der Waals surface area (Å²) in [4.78, 5) is 11.3. The van der Waals surface area contributed by atoms with Gasteiger partial charge in [-0.3, -0.25) is 4.79 Å². The van der Waals surface area contributed by atoms with Crippen molar-refractivity contribution in [1.82, 2.24) is 4.31 Å². The van der Waals surface area contributed by atoms with Crippen LogP contribution < -0.4 is 4.74 Å². The van der Waals surface area contributed by atoms with Crippen molar-refractivity contribution in [1.29, 1.82) is 0 Å². The van der Waals surface area contributed by atoms with E-state index in [1.54, 1.807) is 6.07 Å². The molecule has 1 aliphatic heterocycles. The number of amides is 1. The summed E-state index contributed by atoms with van der Waals surface area (Å²) in [7, 11) is -3.47.